The van der Waals surface area contributed by atoms with E-state index in [-0.39, 0.29) is 57.0 Å². The monoisotopic (exact) mass is 787 g/mol. The Bertz CT molecular complexity index is 1990. The lowest BCUT2D eigenvalue weighted by Crippen LogP contribution is -2.54. The molecule has 10 nitrogen and oxygen atoms in total. The zero-order chi connectivity index (χ0) is 37.4. The highest BCUT2D eigenvalue weighted by molar-refractivity contribution is 7.92. The molecule has 0 aromatic heterocycles. The molecule has 1 N–H and O–H groups in total. The van der Waals surface area contributed by atoms with Gasteiger partial charge in [0, 0.05) is 30.1 Å². The van der Waals surface area contributed by atoms with E-state index < -0.39 is 28.5 Å². The smallest absolute Gasteiger partial charge is 0.265 e. The Balaban J connectivity index is 1.64. The lowest BCUT2D eigenvalue weighted by atomic mass is 10.0. The van der Waals surface area contributed by atoms with Gasteiger partial charge in [0.05, 0.1) is 42.0 Å². The zero-order valence-electron chi connectivity index (χ0n) is 29.0. The van der Waals surface area contributed by atoms with E-state index in [9.17, 15) is 18.0 Å². The van der Waals surface area contributed by atoms with Gasteiger partial charge in [0.2, 0.25) is 11.8 Å². The van der Waals surface area contributed by atoms with Gasteiger partial charge >= 0.3 is 0 Å². The van der Waals surface area contributed by atoms with Crippen molar-refractivity contribution in [2.75, 3.05) is 32.2 Å². The fraction of sp³-hybridized carbons (Fsp3) is 0.316. The van der Waals surface area contributed by atoms with Crippen molar-refractivity contribution < 1.29 is 32.2 Å². The van der Waals surface area contributed by atoms with Crippen LogP contribution in [0.25, 0.3) is 0 Å². The van der Waals surface area contributed by atoms with Crippen LogP contribution in [0.2, 0.25) is 15.1 Å². The first-order valence-electron chi connectivity index (χ1n) is 16.6. The van der Waals surface area contributed by atoms with Gasteiger partial charge in [0.25, 0.3) is 10.0 Å². The SMILES string of the molecule is COc1ccc(S(=O)(=O)N(CC(=O)N(Cc2ccc(Cl)c(Cl)c2)[C@H](Cc2ccccc2)C(=O)NC2CCCC2)c2cc(Cl)ccc2OC)cc1OC. The molecule has 4 aromatic rings. The molecule has 0 saturated heterocycles. The lowest BCUT2D eigenvalue weighted by molar-refractivity contribution is -0.140. The van der Waals surface area contributed by atoms with Crippen LogP contribution in [0.15, 0.2) is 89.8 Å². The van der Waals surface area contributed by atoms with Gasteiger partial charge in [0.1, 0.15) is 18.3 Å². The van der Waals surface area contributed by atoms with Crippen LogP contribution < -0.4 is 23.8 Å². The van der Waals surface area contributed by atoms with Crippen molar-refractivity contribution in [1.29, 1.82) is 0 Å². The summed E-state index contributed by atoms with van der Waals surface area (Å²) in [6.45, 7) is -0.807. The number of ether oxygens (including phenoxy) is 3. The van der Waals surface area contributed by atoms with Crippen LogP contribution in [-0.2, 0) is 32.6 Å². The van der Waals surface area contributed by atoms with Crippen molar-refractivity contribution in [2.45, 2.75) is 55.6 Å². The molecule has 4 aromatic carbocycles. The van der Waals surface area contributed by atoms with Crippen molar-refractivity contribution in [3.8, 4) is 17.2 Å². The van der Waals surface area contributed by atoms with Crippen molar-refractivity contribution in [3.05, 3.63) is 111 Å². The number of hydrogen-bond donors (Lipinski definition) is 1. The molecule has 1 aliphatic carbocycles. The van der Waals surface area contributed by atoms with Crippen LogP contribution in [0.4, 0.5) is 5.69 Å². The summed E-state index contributed by atoms with van der Waals surface area (Å²) in [5.41, 5.74) is 1.42. The van der Waals surface area contributed by atoms with E-state index in [0.29, 0.717) is 16.3 Å². The first-order chi connectivity index (χ1) is 24.9. The lowest BCUT2D eigenvalue weighted by Gasteiger charge is -2.34. The number of methoxy groups -OCH3 is 3. The molecule has 1 atom stereocenters. The van der Waals surface area contributed by atoms with E-state index in [0.717, 1.165) is 35.6 Å². The van der Waals surface area contributed by atoms with E-state index >= 15 is 0 Å². The minimum atomic E-state index is -4.53. The molecule has 0 bridgehead atoms. The number of sulfonamides is 1. The van der Waals surface area contributed by atoms with E-state index in [2.05, 4.69) is 5.32 Å². The largest absolute Gasteiger partial charge is 0.495 e. The van der Waals surface area contributed by atoms with Crippen molar-refractivity contribution in [2.24, 2.45) is 0 Å². The molecule has 0 radical (unpaired) electrons. The molecule has 1 aliphatic rings. The Morgan fingerprint density at radius 2 is 1.46 bits per heavy atom. The molecule has 1 saturated carbocycles. The van der Waals surface area contributed by atoms with Gasteiger partial charge in [0.15, 0.2) is 11.5 Å². The fourth-order valence-corrected chi connectivity index (χ4v) is 8.15. The summed E-state index contributed by atoms with van der Waals surface area (Å²) in [5, 5.41) is 3.95. The third kappa shape index (κ3) is 9.25. The molecule has 0 unspecified atom stereocenters. The standard InChI is InChI=1S/C38H40Cl3N3O7S/c1-49-34-17-14-27(39)21-32(34)44(52(47,48)29-15-18-35(50-2)36(22-29)51-3)24-37(45)43(23-26-13-16-30(40)31(41)19-26)33(20-25-9-5-4-6-10-25)38(46)42-28-11-7-8-12-28/h4-6,9-10,13-19,21-22,28,33H,7-8,11-12,20,23-24H2,1-3H3,(H,42,46)/t33-/m1/s1. The third-order valence-electron chi connectivity index (χ3n) is 8.94. The molecular formula is C38H40Cl3N3O7S. The number of nitrogens with one attached hydrogen (secondary N) is 1. The zero-order valence-corrected chi connectivity index (χ0v) is 32.1. The summed E-state index contributed by atoms with van der Waals surface area (Å²) >= 11 is 19.0. The molecular weight excluding hydrogens is 749 g/mol. The molecule has 1 fully saturated rings. The van der Waals surface area contributed by atoms with Crippen molar-refractivity contribution >= 4 is 62.3 Å². The fourth-order valence-electron chi connectivity index (χ4n) is 6.23. The van der Waals surface area contributed by atoms with Crippen LogP contribution >= 0.6 is 34.8 Å². The number of nitrogens with zero attached hydrogens (tertiary/aromatic N) is 2. The molecule has 0 heterocycles. The van der Waals surface area contributed by atoms with E-state index in [1.54, 1.807) is 24.3 Å². The van der Waals surface area contributed by atoms with Gasteiger partial charge < -0.3 is 24.4 Å². The first kappa shape index (κ1) is 39.1. The number of hydrogen-bond acceptors (Lipinski definition) is 7. The van der Waals surface area contributed by atoms with E-state index in [4.69, 9.17) is 49.0 Å². The Kier molecular flexibility index (Phi) is 13.2. The van der Waals surface area contributed by atoms with Crippen LogP contribution in [0.5, 0.6) is 17.2 Å². The Morgan fingerprint density at radius 3 is 2.12 bits per heavy atom. The summed E-state index contributed by atoms with van der Waals surface area (Å²) in [7, 11) is -0.317. The summed E-state index contributed by atoms with van der Waals surface area (Å²) in [6.07, 6.45) is 3.80. The van der Waals surface area contributed by atoms with Gasteiger partial charge in [-0.05, 0) is 66.4 Å². The summed E-state index contributed by atoms with van der Waals surface area (Å²) in [4.78, 5) is 30.4. The second-order valence-corrected chi connectivity index (χ2v) is 15.4. The highest BCUT2D eigenvalue weighted by atomic mass is 35.5. The predicted octanol–water partition coefficient (Wildman–Crippen LogP) is 7.57. The maximum absolute atomic E-state index is 14.9. The number of carbonyl (C=O) groups is 2. The molecule has 5 rings (SSSR count). The topological polar surface area (TPSA) is 114 Å². The second-order valence-electron chi connectivity index (χ2n) is 12.3. The number of halogens is 3. The van der Waals surface area contributed by atoms with E-state index in [1.807, 2.05) is 30.3 Å². The highest BCUT2D eigenvalue weighted by Gasteiger charge is 2.37. The van der Waals surface area contributed by atoms with Crippen LogP contribution in [0.3, 0.4) is 0 Å². The van der Waals surface area contributed by atoms with Gasteiger partial charge in [-0.2, -0.15) is 0 Å². The first-order valence-corrected chi connectivity index (χ1v) is 19.2. The Hall–Kier alpha value is -4.16. The molecule has 14 heteroatoms. The molecule has 0 aliphatic heterocycles. The average Bonchev–Trinajstić information content (AvgIpc) is 3.66. The molecule has 0 spiro atoms. The minimum absolute atomic E-state index is 0.0163. The minimum Gasteiger partial charge on any atom is -0.495 e. The number of anilines is 1. The average molecular weight is 789 g/mol. The van der Waals surface area contributed by atoms with Gasteiger partial charge in [-0.15, -0.1) is 0 Å². The number of amides is 2. The quantitative estimate of drug-likeness (QED) is 0.132. The highest BCUT2D eigenvalue weighted by Crippen LogP contribution is 2.37. The second kappa shape index (κ2) is 17.6. The van der Waals surface area contributed by atoms with Crippen molar-refractivity contribution in [1.82, 2.24) is 10.2 Å². The van der Waals surface area contributed by atoms with Crippen LogP contribution in [0, 0.1) is 0 Å². The summed E-state index contributed by atoms with van der Waals surface area (Å²) < 4.78 is 46.5. The maximum atomic E-state index is 14.9. The van der Waals surface area contributed by atoms with Gasteiger partial charge in [-0.25, -0.2) is 8.42 Å². The Morgan fingerprint density at radius 1 is 0.788 bits per heavy atom. The van der Waals surface area contributed by atoms with E-state index in [1.165, 1.54) is 56.6 Å². The van der Waals surface area contributed by atoms with Gasteiger partial charge in [-0.1, -0.05) is 84.0 Å². The molecule has 276 valence electrons. The van der Waals surface area contributed by atoms with Crippen molar-refractivity contribution in [3.63, 3.8) is 0 Å². The number of rotatable bonds is 15. The Labute approximate surface area is 319 Å². The van der Waals surface area contributed by atoms with Crippen LogP contribution in [-0.4, -0.2) is 65.1 Å². The van der Waals surface area contributed by atoms with Gasteiger partial charge in [-0.3, -0.25) is 13.9 Å². The maximum Gasteiger partial charge on any atom is 0.265 e. The third-order valence-corrected chi connectivity index (χ3v) is 11.7. The predicted molar refractivity (Wildman–Crippen MR) is 203 cm³/mol. The summed E-state index contributed by atoms with van der Waals surface area (Å²) in [5.74, 6) is -0.384. The molecule has 52 heavy (non-hydrogen) atoms. The van der Waals surface area contributed by atoms with Crippen LogP contribution in [0.1, 0.15) is 36.8 Å². The summed E-state index contributed by atoms with van der Waals surface area (Å²) in [6, 6.07) is 21.8. The number of carbonyl (C=O) groups excluding carboxylic acids is 2. The molecule has 2 amide bonds. The normalized spacial score (nSPS) is 13.7. The number of benzene rings is 4.